The number of ether oxygens (including phenoxy) is 2. The normalized spacial score (nSPS) is 17.5. The van der Waals surface area contributed by atoms with Crippen LogP contribution in [0.1, 0.15) is 60.8 Å². The number of hydrogen-bond acceptors (Lipinski definition) is 11. The highest BCUT2D eigenvalue weighted by molar-refractivity contribution is 7.85. The fraction of sp³-hybridized carbons (Fsp3) is 0.412. The second kappa shape index (κ2) is 12.2. The smallest absolute Gasteiger partial charge is 0.417 e. The molecule has 3 aliphatic rings. The van der Waals surface area contributed by atoms with Gasteiger partial charge in [0.25, 0.3) is 16.0 Å². The maximum Gasteiger partial charge on any atom is 0.417 e. The maximum atomic E-state index is 14.0. The predicted octanol–water partition coefficient (Wildman–Crippen LogP) is 4.97. The Hall–Kier alpha value is -4.44. The number of imidazole rings is 1. The quantitative estimate of drug-likeness (QED) is 0.262. The zero-order valence-electron chi connectivity index (χ0n) is 27.7. The van der Waals surface area contributed by atoms with Crippen LogP contribution in [0.5, 0.6) is 0 Å². The molecule has 2 amide bonds. The van der Waals surface area contributed by atoms with Crippen LogP contribution in [-0.2, 0) is 42.4 Å². The molecular weight excluding hydrogens is 655 g/mol. The zero-order chi connectivity index (χ0) is 34.7. The summed E-state index contributed by atoms with van der Waals surface area (Å²) in [7, 11) is -3.58. The van der Waals surface area contributed by atoms with Crippen LogP contribution in [0.2, 0.25) is 0 Å². The van der Waals surface area contributed by atoms with Gasteiger partial charge in [0.15, 0.2) is 0 Å². The number of amides is 2. The number of carbonyl (C=O) groups is 2. The Balaban J connectivity index is 1.24. The molecule has 0 atom stereocenters. The van der Waals surface area contributed by atoms with Crippen LogP contribution in [0.25, 0.3) is 16.9 Å². The number of imide groups is 1. The third-order valence-corrected chi connectivity index (χ3v) is 9.71. The Labute approximate surface area is 283 Å². The molecule has 1 spiro atoms. The molecule has 13 nitrogen and oxygen atoms in total. The van der Waals surface area contributed by atoms with Gasteiger partial charge in [-0.15, -0.1) is 0 Å². The number of rotatable bonds is 7. The van der Waals surface area contributed by atoms with E-state index in [1.54, 1.807) is 43.6 Å². The van der Waals surface area contributed by atoms with E-state index >= 15 is 0 Å². The van der Waals surface area contributed by atoms with E-state index in [0.717, 1.165) is 35.3 Å². The molecule has 0 bridgehead atoms. The van der Waals surface area contributed by atoms with E-state index in [-0.39, 0.29) is 18.7 Å². The van der Waals surface area contributed by atoms with Crippen LogP contribution < -0.4 is 5.32 Å². The first kappa shape index (κ1) is 33.1. The van der Waals surface area contributed by atoms with Crippen LogP contribution >= 0.6 is 0 Å². The third kappa shape index (κ3) is 6.27. The highest BCUT2D eigenvalue weighted by Crippen LogP contribution is 2.46. The van der Waals surface area contributed by atoms with Gasteiger partial charge in [0, 0.05) is 44.1 Å². The van der Waals surface area contributed by atoms with Crippen LogP contribution in [0.15, 0.2) is 48.8 Å². The van der Waals surface area contributed by atoms with Gasteiger partial charge in [-0.25, -0.2) is 24.1 Å². The van der Waals surface area contributed by atoms with Gasteiger partial charge in [-0.3, -0.25) is 18.3 Å². The Bertz CT molecular complexity index is 2090. The minimum atomic E-state index is -3.58. The van der Waals surface area contributed by atoms with Crippen LogP contribution in [0.3, 0.4) is 0 Å². The number of halogens is 1. The van der Waals surface area contributed by atoms with Crippen molar-refractivity contribution in [3.05, 3.63) is 77.0 Å². The summed E-state index contributed by atoms with van der Waals surface area (Å²) in [5.41, 5.74) is 3.75. The number of pyridine rings is 2. The summed E-state index contributed by atoms with van der Waals surface area (Å²) in [6.45, 7) is 7.21. The van der Waals surface area contributed by atoms with E-state index < -0.39 is 33.5 Å². The maximum absolute atomic E-state index is 14.0. The second-order valence-electron chi connectivity index (χ2n) is 13.5. The Morgan fingerprint density at radius 1 is 1.12 bits per heavy atom. The lowest BCUT2D eigenvalue weighted by Gasteiger charge is -2.42. The van der Waals surface area contributed by atoms with Crippen molar-refractivity contribution in [1.29, 1.82) is 0 Å². The number of anilines is 2. The summed E-state index contributed by atoms with van der Waals surface area (Å²) < 4.78 is 55.3. The van der Waals surface area contributed by atoms with Crippen LogP contribution in [-0.4, -0.2) is 82.8 Å². The molecule has 4 aromatic rings. The van der Waals surface area contributed by atoms with Gasteiger partial charge in [0.2, 0.25) is 0 Å². The molecule has 0 aliphatic carbocycles. The average molecular weight is 693 g/mol. The minimum Gasteiger partial charge on any atom is -0.443 e. The average Bonchev–Trinajstić information content (AvgIpc) is 3.68. The fourth-order valence-corrected chi connectivity index (χ4v) is 7.40. The molecular formula is C34H37FN6O7S. The first-order valence-corrected chi connectivity index (χ1v) is 17.8. The number of aromatic nitrogens is 3. The molecule has 1 fully saturated rings. The topological polar surface area (TPSA) is 145 Å². The largest absolute Gasteiger partial charge is 0.443 e. The fourth-order valence-electron chi connectivity index (χ4n) is 7.03. The Morgan fingerprint density at radius 2 is 1.90 bits per heavy atom. The summed E-state index contributed by atoms with van der Waals surface area (Å²) in [5.74, 6) is -0.442. The number of carbonyl (C=O) groups excluding carboxylic acids is 2. The molecule has 3 aromatic heterocycles. The second-order valence-corrected chi connectivity index (χ2v) is 15.2. The van der Waals surface area contributed by atoms with Gasteiger partial charge in [0.05, 0.1) is 53.8 Å². The van der Waals surface area contributed by atoms with E-state index in [1.165, 1.54) is 12.1 Å². The lowest BCUT2D eigenvalue weighted by molar-refractivity contribution is -0.0287. The monoisotopic (exact) mass is 692 g/mol. The van der Waals surface area contributed by atoms with Crippen molar-refractivity contribution in [2.45, 2.75) is 57.8 Å². The molecule has 1 N–H and O–H groups in total. The summed E-state index contributed by atoms with van der Waals surface area (Å²) in [5, 5.41) is 3.33. The van der Waals surface area contributed by atoms with Crippen LogP contribution in [0, 0.1) is 5.82 Å². The van der Waals surface area contributed by atoms with E-state index in [0.29, 0.717) is 65.8 Å². The van der Waals surface area contributed by atoms with E-state index in [4.69, 9.17) is 18.6 Å². The lowest BCUT2D eigenvalue weighted by atomic mass is 9.83. The molecule has 6 heterocycles. The molecule has 15 heteroatoms. The van der Waals surface area contributed by atoms with Crippen molar-refractivity contribution in [3.63, 3.8) is 0 Å². The summed E-state index contributed by atoms with van der Waals surface area (Å²) in [4.78, 5) is 39.8. The molecule has 0 radical (unpaired) electrons. The Kier molecular flexibility index (Phi) is 8.21. The molecule has 49 heavy (non-hydrogen) atoms. The van der Waals surface area contributed by atoms with E-state index in [2.05, 4.69) is 15.2 Å². The first-order chi connectivity index (χ1) is 23.2. The molecule has 1 saturated heterocycles. The molecule has 7 rings (SSSR count). The van der Waals surface area contributed by atoms with Gasteiger partial charge in [-0.2, -0.15) is 8.42 Å². The number of nitrogens with one attached hydrogen (secondary N) is 1. The van der Waals surface area contributed by atoms with Crippen molar-refractivity contribution in [3.8, 4) is 11.3 Å². The molecule has 1 aromatic carbocycles. The summed E-state index contributed by atoms with van der Waals surface area (Å²) >= 11 is 0. The Morgan fingerprint density at radius 3 is 2.63 bits per heavy atom. The van der Waals surface area contributed by atoms with Crippen molar-refractivity contribution in [2.24, 2.45) is 0 Å². The van der Waals surface area contributed by atoms with E-state index in [9.17, 15) is 22.4 Å². The SMILES string of the molecule is CC(C)(C)OC(=O)N1Cc2c(-c3cnc4cc(F)ccn34)ccc(Nc3ccc4c(n3)CN(CCOS(C)(=O)=O)C43CCOCC3)c2C1=O. The minimum absolute atomic E-state index is 0.0245. The number of nitrogens with zero attached hydrogens (tertiary/aromatic N) is 5. The van der Waals surface area contributed by atoms with Crippen molar-refractivity contribution in [2.75, 3.05) is 37.9 Å². The van der Waals surface area contributed by atoms with Gasteiger partial charge in [0.1, 0.15) is 22.9 Å². The molecule has 0 saturated carbocycles. The highest BCUT2D eigenvalue weighted by atomic mass is 32.2. The van der Waals surface area contributed by atoms with Gasteiger partial charge >= 0.3 is 6.09 Å². The molecule has 3 aliphatic heterocycles. The first-order valence-electron chi connectivity index (χ1n) is 16.0. The van der Waals surface area contributed by atoms with E-state index in [1.807, 2.05) is 18.2 Å². The van der Waals surface area contributed by atoms with Crippen LogP contribution in [0.4, 0.5) is 20.7 Å². The van der Waals surface area contributed by atoms with Gasteiger partial charge < -0.3 is 14.8 Å². The zero-order valence-corrected chi connectivity index (χ0v) is 28.5. The van der Waals surface area contributed by atoms with Gasteiger partial charge in [-0.1, -0.05) is 12.1 Å². The van der Waals surface area contributed by atoms with Crippen molar-refractivity contribution in [1.82, 2.24) is 24.2 Å². The number of benzene rings is 1. The molecule has 258 valence electrons. The lowest BCUT2D eigenvalue weighted by Crippen LogP contribution is -2.46. The van der Waals surface area contributed by atoms with Crippen molar-refractivity contribution < 1.29 is 36.1 Å². The number of fused-ring (bicyclic) bond motifs is 4. The highest BCUT2D eigenvalue weighted by Gasteiger charge is 2.47. The van der Waals surface area contributed by atoms with Gasteiger partial charge in [-0.05, 0) is 62.9 Å². The summed E-state index contributed by atoms with van der Waals surface area (Å²) in [6.07, 6.45) is 4.92. The number of hydrogen-bond donors (Lipinski definition) is 1. The molecule has 0 unspecified atom stereocenters. The standard InChI is InChI=1S/C34H37FN6O7S/c1-33(2,3)48-32(43)41-19-23-22(27-18-36-29-17-21(35)9-12-40(27)29)5-7-25(30(23)31(41)42)37-28-8-6-24-26(38-28)20-39(13-16-47-49(4,44)45)34(24)10-14-46-15-11-34/h5-9,12,17-18H,10-11,13-16,19-20H2,1-4H3,(H,37,38). The van der Waals surface area contributed by atoms with Crippen molar-refractivity contribution >= 4 is 39.3 Å². The third-order valence-electron chi connectivity index (χ3n) is 9.12. The summed E-state index contributed by atoms with van der Waals surface area (Å²) in [6, 6.07) is 10.1. The predicted molar refractivity (Wildman–Crippen MR) is 177 cm³/mol.